The van der Waals surface area contributed by atoms with Gasteiger partial charge in [-0.1, -0.05) is 38.1 Å². The molecule has 2 aliphatic rings. The largest absolute Gasteiger partial charge is 0.475 e. The van der Waals surface area contributed by atoms with Crippen LogP contribution in [0.1, 0.15) is 61.5 Å². The van der Waals surface area contributed by atoms with Gasteiger partial charge in [-0.3, -0.25) is 4.79 Å². The van der Waals surface area contributed by atoms with E-state index >= 15 is 0 Å². The van der Waals surface area contributed by atoms with Crippen molar-refractivity contribution in [3.8, 4) is 17.1 Å². The van der Waals surface area contributed by atoms with Gasteiger partial charge in [-0.05, 0) is 62.4 Å². The van der Waals surface area contributed by atoms with Crippen LogP contribution in [0.5, 0.6) is 5.88 Å². The molecule has 11 nitrogen and oxygen atoms in total. The van der Waals surface area contributed by atoms with E-state index in [2.05, 4.69) is 33.9 Å². The van der Waals surface area contributed by atoms with Gasteiger partial charge in [0.2, 0.25) is 11.8 Å². The fourth-order valence-electron chi connectivity index (χ4n) is 5.83. The maximum absolute atomic E-state index is 14.2. The Hall–Kier alpha value is -4.19. The average molecular weight is 622 g/mol. The molecule has 2 N–H and O–H groups in total. The van der Waals surface area contributed by atoms with Gasteiger partial charge in [-0.25, -0.2) is 22.9 Å². The average Bonchev–Trinajstić information content (AvgIpc) is 2.93. The Balaban J connectivity index is 1.58. The second-order valence-corrected chi connectivity index (χ2v) is 13.5. The molecule has 0 saturated heterocycles. The van der Waals surface area contributed by atoms with Crippen LogP contribution in [0, 0.1) is 19.8 Å². The van der Waals surface area contributed by atoms with Crippen molar-refractivity contribution in [2.45, 2.75) is 77.0 Å². The SMILES string of the molecule is CCNC(=O)OC1CC(N2C(=O)c3cccc(c3)S(=O)(=O)Nc3nc(cc(-c4c(C)cccc4C)n3)OC[C@H]2CC(C)C)C1. The zero-order chi connectivity index (χ0) is 31.6. The van der Waals surface area contributed by atoms with Crippen LogP contribution in [-0.4, -0.2) is 66.6 Å². The Morgan fingerprint density at radius 2 is 1.82 bits per heavy atom. The fraction of sp³-hybridized carbons (Fsp3) is 0.438. The molecule has 2 amide bonds. The first-order valence-corrected chi connectivity index (χ1v) is 16.4. The molecule has 1 atom stereocenters. The van der Waals surface area contributed by atoms with E-state index in [0.717, 1.165) is 16.7 Å². The molecular formula is C32H39N5O6S. The Kier molecular flexibility index (Phi) is 9.10. The maximum atomic E-state index is 14.2. The van der Waals surface area contributed by atoms with Crippen molar-refractivity contribution in [1.82, 2.24) is 20.2 Å². The van der Waals surface area contributed by atoms with Crippen molar-refractivity contribution in [2.24, 2.45) is 5.92 Å². The number of rotatable bonds is 6. The van der Waals surface area contributed by atoms with Gasteiger partial charge in [-0.15, -0.1) is 0 Å². The van der Waals surface area contributed by atoms with E-state index in [4.69, 9.17) is 9.47 Å². The minimum absolute atomic E-state index is 0.0856. The molecule has 4 bridgehead atoms. The molecule has 2 heterocycles. The summed E-state index contributed by atoms with van der Waals surface area (Å²) in [6, 6.07) is 12.9. The summed E-state index contributed by atoms with van der Waals surface area (Å²) in [4.78, 5) is 36.9. The highest BCUT2D eigenvalue weighted by molar-refractivity contribution is 7.92. The summed E-state index contributed by atoms with van der Waals surface area (Å²) in [6.07, 6.45) is 0.738. The molecule has 1 aliphatic carbocycles. The number of hydrogen-bond acceptors (Lipinski definition) is 8. The number of nitrogens with zero attached hydrogens (tertiary/aromatic N) is 3. The van der Waals surface area contributed by atoms with E-state index in [1.165, 1.54) is 12.1 Å². The van der Waals surface area contributed by atoms with Crippen LogP contribution in [0.3, 0.4) is 0 Å². The number of hydrogen-bond donors (Lipinski definition) is 2. The minimum Gasteiger partial charge on any atom is -0.475 e. The molecule has 0 unspecified atom stereocenters. The molecule has 2 aromatic carbocycles. The lowest BCUT2D eigenvalue weighted by molar-refractivity contribution is -0.0270. The molecule has 234 valence electrons. The van der Waals surface area contributed by atoms with Gasteiger partial charge in [-0.2, -0.15) is 4.98 Å². The number of carbonyl (C=O) groups is 2. The Morgan fingerprint density at radius 3 is 2.50 bits per heavy atom. The lowest BCUT2D eigenvalue weighted by atomic mass is 9.85. The molecule has 12 heteroatoms. The fourth-order valence-corrected chi connectivity index (χ4v) is 6.82. The number of ether oxygens (including phenoxy) is 2. The van der Waals surface area contributed by atoms with Crippen LogP contribution in [0.25, 0.3) is 11.3 Å². The Bertz CT molecular complexity index is 1630. The number of nitrogens with one attached hydrogen (secondary N) is 2. The summed E-state index contributed by atoms with van der Waals surface area (Å²) in [5.41, 5.74) is 3.55. The monoisotopic (exact) mass is 621 g/mol. The lowest BCUT2D eigenvalue weighted by Gasteiger charge is -2.46. The van der Waals surface area contributed by atoms with Gasteiger partial charge in [0.15, 0.2) is 0 Å². The topological polar surface area (TPSA) is 140 Å². The first-order valence-electron chi connectivity index (χ1n) is 14.9. The highest BCUT2D eigenvalue weighted by atomic mass is 32.2. The van der Waals surface area contributed by atoms with Gasteiger partial charge in [0.05, 0.1) is 16.6 Å². The third kappa shape index (κ3) is 6.80. The highest BCUT2D eigenvalue weighted by Crippen LogP contribution is 2.34. The zero-order valence-electron chi connectivity index (χ0n) is 25.7. The van der Waals surface area contributed by atoms with Crippen molar-refractivity contribution in [3.05, 3.63) is 65.2 Å². The number of alkyl carbamates (subject to hydrolysis) is 1. The Labute approximate surface area is 258 Å². The maximum Gasteiger partial charge on any atom is 0.407 e. The predicted octanol–water partition coefficient (Wildman–Crippen LogP) is 5.09. The summed E-state index contributed by atoms with van der Waals surface area (Å²) in [7, 11) is -4.16. The van der Waals surface area contributed by atoms with Gasteiger partial charge in [0.25, 0.3) is 15.9 Å². The summed E-state index contributed by atoms with van der Waals surface area (Å²) < 4.78 is 41.4. The van der Waals surface area contributed by atoms with E-state index in [9.17, 15) is 18.0 Å². The normalized spacial score (nSPS) is 21.1. The summed E-state index contributed by atoms with van der Waals surface area (Å²) in [5.74, 6) is -0.0335. The molecule has 3 aromatic rings. The van der Waals surface area contributed by atoms with E-state index in [-0.39, 0.29) is 58.9 Å². The van der Waals surface area contributed by atoms with Crippen molar-refractivity contribution in [3.63, 3.8) is 0 Å². The van der Waals surface area contributed by atoms with Gasteiger partial charge in [0, 0.05) is 42.6 Å². The number of amides is 2. The third-order valence-corrected chi connectivity index (χ3v) is 9.24. The highest BCUT2D eigenvalue weighted by Gasteiger charge is 2.42. The molecule has 1 fully saturated rings. The molecule has 1 aliphatic heterocycles. The van der Waals surface area contributed by atoms with Crippen LogP contribution in [0.2, 0.25) is 0 Å². The lowest BCUT2D eigenvalue weighted by Crippen LogP contribution is -2.57. The van der Waals surface area contributed by atoms with Gasteiger partial charge >= 0.3 is 6.09 Å². The molecule has 44 heavy (non-hydrogen) atoms. The zero-order valence-corrected chi connectivity index (χ0v) is 26.5. The van der Waals surface area contributed by atoms with Gasteiger partial charge in [0.1, 0.15) is 12.7 Å². The van der Waals surface area contributed by atoms with Crippen molar-refractivity contribution in [1.29, 1.82) is 0 Å². The van der Waals surface area contributed by atoms with Crippen LogP contribution < -0.4 is 14.8 Å². The predicted molar refractivity (Wildman–Crippen MR) is 166 cm³/mol. The van der Waals surface area contributed by atoms with Crippen molar-refractivity contribution >= 4 is 28.0 Å². The Morgan fingerprint density at radius 1 is 1.11 bits per heavy atom. The van der Waals surface area contributed by atoms with Crippen molar-refractivity contribution < 1.29 is 27.5 Å². The van der Waals surface area contributed by atoms with E-state index in [1.807, 2.05) is 39.0 Å². The number of carbonyl (C=O) groups excluding carboxylic acids is 2. The van der Waals surface area contributed by atoms with Crippen LogP contribution >= 0.6 is 0 Å². The van der Waals surface area contributed by atoms with E-state index in [1.54, 1.807) is 23.1 Å². The van der Waals surface area contributed by atoms with E-state index in [0.29, 0.717) is 31.5 Å². The van der Waals surface area contributed by atoms with Crippen LogP contribution in [-0.2, 0) is 14.8 Å². The van der Waals surface area contributed by atoms with Gasteiger partial charge < -0.3 is 19.7 Å². The molecule has 0 radical (unpaired) electrons. The number of aryl methyl sites for hydroxylation is 2. The quantitative estimate of drug-likeness (QED) is 0.388. The second kappa shape index (κ2) is 12.8. The summed E-state index contributed by atoms with van der Waals surface area (Å²) in [6.45, 7) is 10.5. The summed E-state index contributed by atoms with van der Waals surface area (Å²) in [5, 5.41) is 2.64. The van der Waals surface area contributed by atoms with Crippen molar-refractivity contribution in [2.75, 3.05) is 17.9 Å². The number of aromatic nitrogens is 2. The molecule has 0 spiro atoms. The molecule has 1 saturated carbocycles. The number of anilines is 1. The second-order valence-electron chi connectivity index (χ2n) is 11.8. The standard InChI is InChI=1S/C32H39N5O6S/c1-6-33-32(39)43-25-15-23(16-25)37-24(13-19(2)3)18-42-28-17-27(29-20(4)9-7-10-21(29)5)34-31(35-28)36-44(40,41)26-12-8-11-22(14-26)30(37)38/h7-12,14,17,19,23-25H,6,13,15-16,18H2,1-5H3,(H,33,39)(H,34,35,36)/t23?,24-,25?/m1/s1. The first-order chi connectivity index (χ1) is 20.9. The summed E-state index contributed by atoms with van der Waals surface area (Å²) >= 11 is 0. The molecule has 5 rings (SSSR count). The smallest absolute Gasteiger partial charge is 0.407 e. The minimum atomic E-state index is -4.16. The number of benzene rings is 2. The number of sulfonamides is 1. The number of fused-ring (bicyclic) bond motifs is 4. The molecular weight excluding hydrogens is 582 g/mol. The third-order valence-electron chi connectivity index (χ3n) is 7.91. The van der Waals surface area contributed by atoms with Crippen LogP contribution in [0.4, 0.5) is 10.7 Å². The van der Waals surface area contributed by atoms with E-state index < -0.39 is 16.1 Å². The first kappa shape index (κ1) is 31.2. The molecule has 1 aromatic heterocycles. The van der Waals surface area contributed by atoms with Crippen LogP contribution in [0.15, 0.2) is 53.4 Å².